The Morgan fingerprint density at radius 2 is 1.94 bits per heavy atom. The van der Waals surface area contributed by atoms with Gasteiger partial charge in [-0.15, -0.1) is 10.2 Å². The first kappa shape index (κ1) is 23.4. The highest BCUT2D eigenvalue weighted by molar-refractivity contribution is 5.81. The van der Waals surface area contributed by atoms with Crippen LogP contribution in [0.2, 0.25) is 0 Å². The topological polar surface area (TPSA) is 90.1 Å². The highest BCUT2D eigenvalue weighted by atomic mass is 16.5. The summed E-state index contributed by atoms with van der Waals surface area (Å²) in [6.45, 7) is 10.2. The van der Waals surface area contributed by atoms with Gasteiger partial charge in [0, 0.05) is 12.5 Å². The van der Waals surface area contributed by atoms with Crippen molar-refractivity contribution in [1.82, 2.24) is 20.2 Å². The number of tetrazole rings is 1. The summed E-state index contributed by atoms with van der Waals surface area (Å²) in [4.78, 5) is 14.8. The first-order chi connectivity index (χ1) is 15.7. The largest absolute Gasteiger partial charge is 0.390 e. The molecule has 0 radical (unpaired) electrons. The maximum atomic E-state index is 13.4. The number of carbonyl (C=O) groups is 1. The van der Waals surface area contributed by atoms with Crippen molar-refractivity contribution in [2.45, 2.75) is 97.6 Å². The summed E-state index contributed by atoms with van der Waals surface area (Å²) in [6, 6.07) is 0. The van der Waals surface area contributed by atoms with Crippen LogP contribution in [0.25, 0.3) is 0 Å². The van der Waals surface area contributed by atoms with Gasteiger partial charge in [0.25, 0.3) is 0 Å². The van der Waals surface area contributed by atoms with Crippen LogP contribution in [0.1, 0.15) is 84.4 Å². The average molecular weight is 459 g/mol. The van der Waals surface area contributed by atoms with Crippen molar-refractivity contribution < 1.29 is 14.6 Å². The van der Waals surface area contributed by atoms with Crippen molar-refractivity contribution in [2.24, 2.45) is 40.4 Å². The van der Waals surface area contributed by atoms with Gasteiger partial charge in [-0.25, -0.2) is 0 Å². The Kier molecular flexibility index (Phi) is 5.96. The molecule has 5 rings (SSSR count). The molecule has 8 atom stereocenters. The molecular weight excluding hydrogens is 416 g/mol. The number of aromatic nitrogens is 4. The number of hydrogen-bond donors (Lipinski definition) is 1. The number of ketones is 1. The molecular formula is C26H42N4O3. The van der Waals surface area contributed by atoms with Gasteiger partial charge in [-0.2, -0.15) is 4.80 Å². The minimum absolute atomic E-state index is 0.0771. The van der Waals surface area contributed by atoms with E-state index in [1.165, 1.54) is 24.1 Å². The van der Waals surface area contributed by atoms with E-state index >= 15 is 0 Å². The number of ether oxygens (including phenoxy) is 1. The van der Waals surface area contributed by atoms with Crippen LogP contribution in [0, 0.1) is 47.3 Å². The summed E-state index contributed by atoms with van der Waals surface area (Å²) >= 11 is 0. The van der Waals surface area contributed by atoms with E-state index in [9.17, 15) is 9.90 Å². The second-order valence-electron chi connectivity index (χ2n) is 12.2. The van der Waals surface area contributed by atoms with E-state index in [0.29, 0.717) is 29.5 Å². The van der Waals surface area contributed by atoms with Gasteiger partial charge in [0.2, 0.25) is 0 Å². The molecule has 0 saturated heterocycles. The van der Waals surface area contributed by atoms with Crippen LogP contribution in [-0.2, 0) is 16.1 Å². The van der Waals surface area contributed by atoms with Crippen molar-refractivity contribution in [1.29, 1.82) is 0 Å². The van der Waals surface area contributed by atoms with Gasteiger partial charge in [0.1, 0.15) is 6.54 Å². The summed E-state index contributed by atoms with van der Waals surface area (Å²) in [6.07, 6.45) is 9.77. The number of hydrogen-bond acceptors (Lipinski definition) is 6. The van der Waals surface area contributed by atoms with Crippen LogP contribution < -0.4 is 0 Å². The van der Waals surface area contributed by atoms with Crippen LogP contribution in [-0.4, -0.2) is 49.9 Å². The first-order valence-corrected chi connectivity index (χ1v) is 13.3. The Balaban J connectivity index is 1.37. The molecule has 7 heteroatoms. The third kappa shape index (κ3) is 3.87. The zero-order valence-electron chi connectivity index (χ0n) is 20.9. The predicted molar refractivity (Wildman–Crippen MR) is 124 cm³/mol. The molecule has 0 bridgehead atoms. The van der Waals surface area contributed by atoms with Crippen LogP contribution in [0.15, 0.2) is 0 Å². The van der Waals surface area contributed by atoms with Gasteiger partial charge in [-0.3, -0.25) is 4.79 Å². The maximum absolute atomic E-state index is 13.4. The van der Waals surface area contributed by atoms with Gasteiger partial charge in [0.05, 0.1) is 12.2 Å². The van der Waals surface area contributed by atoms with E-state index in [4.69, 9.17) is 4.74 Å². The number of Topliss-reactive ketones (excluding diaryl/α,β-unsaturated/α-hetero) is 1. The number of carbonyl (C=O) groups excluding carboxylic acids is 1. The molecule has 184 valence electrons. The zero-order chi connectivity index (χ0) is 23.4. The predicted octanol–water partition coefficient (Wildman–Crippen LogP) is 3.98. The Labute approximate surface area is 198 Å². The number of nitrogens with zero attached hydrogens (tertiary/aromatic N) is 4. The minimum atomic E-state index is -0.533. The monoisotopic (exact) mass is 458 g/mol. The molecule has 0 unspecified atom stereocenters. The Bertz CT molecular complexity index is 885. The quantitative estimate of drug-likeness (QED) is 0.694. The summed E-state index contributed by atoms with van der Waals surface area (Å²) < 4.78 is 6.16. The second kappa shape index (κ2) is 8.40. The summed E-state index contributed by atoms with van der Waals surface area (Å²) in [5, 5.41) is 23.1. The van der Waals surface area contributed by atoms with Crippen molar-refractivity contribution in [3.8, 4) is 0 Å². The fraction of sp³-hybridized carbons (Fsp3) is 0.923. The van der Waals surface area contributed by atoms with Crippen LogP contribution >= 0.6 is 0 Å². The number of aryl methyl sites for hydroxylation is 1. The van der Waals surface area contributed by atoms with Crippen LogP contribution in [0.5, 0.6) is 0 Å². The molecule has 0 aliphatic heterocycles. The molecule has 4 saturated carbocycles. The second-order valence-corrected chi connectivity index (χ2v) is 12.2. The molecule has 1 aromatic rings. The lowest BCUT2D eigenvalue weighted by Gasteiger charge is -2.62. The van der Waals surface area contributed by atoms with Gasteiger partial charge in [0.15, 0.2) is 11.6 Å². The molecule has 4 aliphatic rings. The van der Waals surface area contributed by atoms with E-state index in [0.717, 1.165) is 51.7 Å². The van der Waals surface area contributed by atoms with E-state index in [1.807, 2.05) is 6.92 Å². The molecule has 4 aliphatic carbocycles. The molecule has 1 N–H and O–H groups in total. The summed E-state index contributed by atoms with van der Waals surface area (Å²) in [7, 11) is 0. The molecule has 33 heavy (non-hydrogen) atoms. The number of aliphatic hydroxyl groups is 1. The lowest BCUT2D eigenvalue weighted by atomic mass is 9.43. The van der Waals surface area contributed by atoms with Crippen molar-refractivity contribution in [3.63, 3.8) is 0 Å². The van der Waals surface area contributed by atoms with Gasteiger partial charge in [-0.05, 0) is 118 Å². The minimum Gasteiger partial charge on any atom is -0.390 e. The van der Waals surface area contributed by atoms with Crippen molar-refractivity contribution in [2.75, 3.05) is 13.2 Å². The Morgan fingerprint density at radius 1 is 1.12 bits per heavy atom. The highest BCUT2D eigenvalue weighted by Crippen LogP contribution is 2.68. The molecule has 0 aromatic carbocycles. The fourth-order valence-corrected chi connectivity index (χ4v) is 8.98. The van der Waals surface area contributed by atoms with Gasteiger partial charge in [-0.1, -0.05) is 6.92 Å². The van der Waals surface area contributed by atoms with Crippen molar-refractivity contribution in [3.05, 3.63) is 5.82 Å². The number of fused-ring (bicyclic) bond motifs is 5. The SMILES string of the molecule is CCOC[C@]12CC[C@@](C)(O)C[C@@H]1CC[C@H]1[C@@H]3CC[C@H](C(=O)Cn4nnc(C)n4)[C@@]3(C)CC[C@@H]12. The fourth-order valence-electron chi connectivity index (χ4n) is 8.98. The van der Waals surface area contributed by atoms with E-state index in [1.54, 1.807) is 6.92 Å². The smallest absolute Gasteiger partial charge is 0.171 e. The Morgan fingerprint density at radius 3 is 2.67 bits per heavy atom. The van der Waals surface area contributed by atoms with Crippen LogP contribution in [0.4, 0.5) is 0 Å². The zero-order valence-corrected chi connectivity index (χ0v) is 20.9. The Hall–Kier alpha value is -1.34. The first-order valence-electron chi connectivity index (χ1n) is 13.3. The number of rotatable bonds is 6. The normalized spacial score (nSPS) is 44.7. The van der Waals surface area contributed by atoms with Crippen molar-refractivity contribution >= 4 is 5.78 Å². The van der Waals surface area contributed by atoms with Crippen LogP contribution in [0.3, 0.4) is 0 Å². The third-order valence-corrected chi connectivity index (χ3v) is 10.5. The van der Waals surface area contributed by atoms with E-state index in [2.05, 4.69) is 29.3 Å². The average Bonchev–Trinajstić information content (AvgIpc) is 3.34. The van der Waals surface area contributed by atoms with E-state index in [-0.39, 0.29) is 29.1 Å². The van der Waals surface area contributed by atoms with E-state index < -0.39 is 5.60 Å². The molecule has 0 amide bonds. The standard InChI is InChI=1S/C26H42N4O3/c1-5-33-16-26-13-12-24(3,32)14-18(26)6-7-19-20-8-9-22(25(20,4)11-10-21(19)26)23(31)15-30-28-17(2)27-29-30/h18-22,32H,5-16H2,1-4H3/t18-,19-,20-,21-,22+,24+,25-,26+/m0/s1. The van der Waals surface area contributed by atoms with Gasteiger partial charge < -0.3 is 9.84 Å². The molecule has 0 spiro atoms. The van der Waals surface area contributed by atoms with Gasteiger partial charge >= 0.3 is 0 Å². The molecule has 7 nitrogen and oxygen atoms in total. The lowest BCUT2D eigenvalue weighted by Crippen LogP contribution is -2.58. The molecule has 1 aromatic heterocycles. The molecule has 4 fully saturated rings. The maximum Gasteiger partial charge on any atom is 0.171 e. The summed E-state index contributed by atoms with van der Waals surface area (Å²) in [5.74, 6) is 3.49. The third-order valence-electron chi connectivity index (χ3n) is 10.5. The lowest BCUT2D eigenvalue weighted by molar-refractivity contribution is -0.178. The highest BCUT2D eigenvalue weighted by Gasteiger charge is 2.63. The molecule has 1 heterocycles. The summed E-state index contributed by atoms with van der Waals surface area (Å²) in [5.41, 5.74) is -0.254.